The fourth-order valence-electron chi connectivity index (χ4n) is 3.02. The van der Waals surface area contributed by atoms with Crippen molar-refractivity contribution in [2.75, 3.05) is 0 Å². The fraction of sp³-hybridized carbons (Fsp3) is 1.00. The van der Waals surface area contributed by atoms with Gasteiger partial charge >= 0.3 is 0 Å². The molecule has 0 aromatic heterocycles. The molecule has 2 heteroatoms. The van der Waals surface area contributed by atoms with Crippen LogP contribution in [0.25, 0.3) is 0 Å². The third kappa shape index (κ3) is 2.71. The van der Waals surface area contributed by atoms with Gasteiger partial charge < -0.3 is 10.6 Å². The highest BCUT2D eigenvalue weighted by molar-refractivity contribution is 5.01. The molecule has 0 radical (unpaired) electrons. The SMILES string of the molecule is CC1(C)CC(NC2CC2)CC(C)(C)N1. The van der Waals surface area contributed by atoms with E-state index in [0.29, 0.717) is 6.04 Å². The van der Waals surface area contributed by atoms with Crippen LogP contribution in [0.3, 0.4) is 0 Å². The van der Waals surface area contributed by atoms with Crippen LogP contribution in [-0.4, -0.2) is 23.2 Å². The first kappa shape index (κ1) is 10.4. The summed E-state index contributed by atoms with van der Waals surface area (Å²) in [5.41, 5.74) is 0.572. The Morgan fingerprint density at radius 1 is 0.929 bits per heavy atom. The van der Waals surface area contributed by atoms with Gasteiger partial charge in [0.1, 0.15) is 0 Å². The van der Waals surface area contributed by atoms with Gasteiger partial charge in [0.25, 0.3) is 0 Å². The summed E-state index contributed by atoms with van der Waals surface area (Å²) < 4.78 is 0. The molecular weight excluding hydrogens is 172 g/mol. The maximum atomic E-state index is 3.76. The first-order chi connectivity index (χ1) is 6.36. The van der Waals surface area contributed by atoms with E-state index < -0.39 is 0 Å². The summed E-state index contributed by atoms with van der Waals surface area (Å²) in [5, 5.41) is 7.48. The topological polar surface area (TPSA) is 24.1 Å². The van der Waals surface area contributed by atoms with E-state index in [2.05, 4.69) is 38.3 Å². The van der Waals surface area contributed by atoms with Crippen LogP contribution < -0.4 is 10.6 Å². The third-order valence-electron chi connectivity index (χ3n) is 3.24. The van der Waals surface area contributed by atoms with Crippen molar-refractivity contribution in [3.05, 3.63) is 0 Å². The minimum absolute atomic E-state index is 0.286. The van der Waals surface area contributed by atoms with E-state index in [0.717, 1.165) is 6.04 Å². The first-order valence-corrected chi connectivity index (χ1v) is 5.92. The third-order valence-corrected chi connectivity index (χ3v) is 3.24. The lowest BCUT2D eigenvalue weighted by Crippen LogP contribution is -2.61. The van der Waals surface area contributed by atoms with E-state index in [1.54, 1.807) is 0 Å². The van der Waals surface area contributed by atoms with Gasteiger partial charge in [0.05, 0.1) is 0 Å². The van der Waals surface area contributed by atoms with Gasteiger partial charge in [0.2, 0.25) is 0 Å². The Balaban J connectivity index is 1.96. The highest BCUT2D eigenvalue weighted by Crippen LogP contribution is 2.30. The Kier molecular flexibility index (Phi) is 2.39. The molecule has 2 aliphatic rings. The van der Waals surface area contributed by atoms with E-state index in [9.17, 15) is 0 Å². The molecule has 0 atom stereocenters. The molecule has 0 bridgehead atoms. The van der Waals surface area contributed by atoms with Gasteiger partial charge in [-0.25, -0.2) is 0 Å². The molecule has 0 aromatic carbocycles. The van der Waals surface area contributed by atoms with Crippen LogP contribution in [0.4, 0.5) is 0 Å². The molecular formula is C12H24N2. The molecule has 82 valence electrons. The molecule has 1 aliphatic carbocycles. The van der Waals surface area contributed by atoms with Crippen LogP contribution in [0.15, 0.2) is 0 Å². The summed E-state index contributed by atoms with van der Waals surface area (Å²) in [6.45, 7) is 9.26. The molecule has 2 nitrogen and oxygen atoms in total. The Morgan fingerprint density at radius 2 is 1.43 bits per heavy atom. The second-order valence-electron chi connectivity index (χ2n) is 6.44. The van der Waals surface area contributed by atoms with E-state index in [-0.39, 0.29) is 11.1 Å². The van der Waals surface area contributed by atoms with Crippen LogP contribution in [-0.2, 0) is 0 Å². The van der Waals surface area contributed by atoms with Crippen LogP contribution in [0.1, 0.15) is 53.4 Å². The van der Waals surface area contributed by atoms with Crippen molar-refractivity contribution in [2.24, 2.45) is 0 Å². The van der Waals surface area contributed by atoms with Crippen LogP contribution in [0, 0.1) is 0 Å². The summed E-state index contributed by atoms with van der Waals surface area (Å²) in [7, 11) is 0. The second-order valence-corrected chi connectivity index (χ2v) is 6.44. The van der Waals surface area contributed by atoms with Crippen molar-refractivity contribution in [1.82, 2.24) is 10.6 Å². The molecule has 1 heterocycles. The minimum atomic E-state index is 0.286. The standard InChI is InChI=1S/C12H24N2/c1-11(2)7-10(13-9-5-6-9)8-12(3,4)14-11/h9-10,13-14H,5-8H2,1-4H3. The van der Waals surface area contributed by atoms with Crippen molar-refractivity contribution in [3.63, 3.8) is 0 Å². The van der Waals surface area contributed by atoms with Gasteiger partial charge in [0.15, 0.2) is 0 Å². The van der Waals surface area contributed by atoms with Crippen LogP contribution in [0.2, 0.25) is 0 Å². The van der Waals surface area contributed by atoms with Crippen molar-refractivity contribution >= 4 is 0 Å². The van der Waals surface area contributed by atoms with E-state index in [1.807, 2.05) is 0 Å². The summed E-state index contributed by atoms with van der Waals surface area (Å²) in [6.07, 6.45) is 5.30. The maximum Gasteiger partial charge on any atom is 0.0144 e. The van der Waals surface area contributed by atoms with Crippen molar-refractivity contribution in [3.8, 4) is 0 Å². The Bertz CT molecular complexity index is 200. The van der Waals surface area contributed by atoms with Crippen molar-refractivity contribution in [1.29, 1.82) is 0 Å². The first-order valence-electron chi connectivity index (χ1n) is 5.92. The molecule has 1 aliphatic heterocycles. The number of piperidine rings is 1. The van der Waals surface area contributed by atoms with E-state index in [4.69, 9.17) is 0 Å². The van der Waals surface area contributed by atoms with Gasteiger partial charge in [-0.05, 0) is 53.4 Å². The van der Waals surface area contributed by atoms with Gasteiger partial charge in [-0.3, -0.25) is 0 Å². The normalized spacial score (nSPS) is 31.7. The predicted octanol–water partition coefficient (Wildman–Crippen LogP) is 2.05. The molecule has 0 aromatic rings. The molecule has 14 heavy (non-hydrogen) atoms. The van der Waals surface area contributed by atoms with Crippen LogP contribution >= 0.6 is 0 Å². The van der Waals surface area contributed by atoms with E-state index >= 15 is 0 Å². The number of hydrogen-bond acceptors (Lipinski definition) is 2. The van der Waals surface area contributed by atoms with E-state index in [1.165, 1.54) is 25.7 Å². The quantitative estimate of drug-likeness (QED) is 0.706. The Morgan fingerprint density at radius 3 is 1.86 bits per heavy atom. The van der Waals surface area contributed by atoms with Crippen molar-refractivity contribution in [2.45, 2.75) is 76.5 Å². The summed E-state index contributed by atoms with van der Waals surface area (Å²) in [4.78, 5) is 0. The van der Waals surface area contributed by atoms with Gasteiger partial charge in [-0.2, -0.15) is 0 Å². The molecule has 0 unspecified atom stereocenters. The molecule has 0 spiro atoms. The van der Waals surface area contributed by atoms with Crippen LogP contribution in [0.5, 0.6) is 0 Å². The van der Waals surface area contributed by atoms with Gasteiger partial charge in [0, 0.05) is 23.2 Å². The summed E-state index contributed by atoms with van der Waals surface area (Å²) >= 11 is 0. The van der Waals surface area contributed by atoms with Crippen molar-refractivity contribution < 1.29 is 0 Å². The van der Waals surface area contributed by atoms with Gasteiger partial charge in [-0.15, -0.1) is 0 Å². The lowest BCUT2D eigenvalue weighted by molar-refractivity contribution is 0.145. The molecule has 1 saturated heterocycles. The average molecular weight is 196 g/mol. The molecule has 0 amide bonds. The zero-order valence-corrected chi connectivity index (χ0v) is 9.98. The Labute approximate surface area is 87.8 Å². The Hall–Kier alpha value is -0.0800. The lowest BCUT2D eigenvalue weighted by Gasteiger charge is -2.46. The highest BCUT2D eigenvalue weighted by Gasteiger charge is 2.39. The molecule has 2 fully saturated rings. The summed E-state index contributed by atoms with van der Waals surface area (Å²) in [5.74, 6) is 0. The molecule has 2 N–H and O–H groups in total. The smallest absolute Gasteiger partial charge is 0.0144 e. The largest absolute Gasteiger partial charge is 0.311 e. The maximum absolute atomic E-state index is 3.76. The summed E-state index contributed by atoms with van der Waals surface area (Å²) in [6, 6.07) is 1.55. The highest BCUT2D eigenvalue weighted by atomic mass is 15.1. The minimum Gasteiger partial charge on any atom is -0.311 e. The number of rotatable bonds is 2. The number of hydrogen-bond donors (Lipinski definition) is 2. The fourth-order valence-corrected chi connectivity index (χ4v) is 3.02. The predicted molar refractivity (Wildman–Crippen MR) is 60.5 cm³/mol. The average Bonchev–Trinajstić information content (AvgIpc) is 2.62. The lowest BCUT2D eigenvalue weighted by atomic mass is 9.79. The molecule has 1 saturated carbocycles. The zero-order valence-electron chi connectivity index (χ0n) is 9.98. The number of nitrogens with one attached hydrogen (secondary N) is 2. The molecule has 2 rings (SSSR count). The van der Waals surface area contributed by atoms with Gasteiger partial charge in [-0.1, -0.05) is 0 Å². The second kappa shape index (κ2) is 3.21. The monoisotopic (exact) mass is 196 g/mol. The zero-order chi connectivity index (χ0) is 10.4.